The molecule has 6 heteroatoms. The molecule has 0 spiro atoms. The Bertz CT molecular complexity index is 634. The smallest absolute Gasteiger partial charge is 0.193 e. The van der Waals surface area contributed by atoms with Crippen molar-refractivity contribution in [3.63, 3.8) is 0 Å². The van der Waals surface area contributed by atoms with Gasteiger partial charge in [0, 0.05) is 31.0 Å². The fourth-order valence-corrected chi connectivity index (χ4v) is 2.54. The summed E-state index contributed by atoms with van der Waals surface area (Å²) in [6, 6.07) is 8.31. The highest BCUT2D eigenvalue weighted by atomic mass is 127. The summed E-state index contributed by atoms with van der Waals surface area (Å²) in [5, 5.41) is 3.15. The van der Waals surface area contributed by atoms with E-state index in [1.807, 2.05) is 24.5 Å². The Kier molecular flexibility index (Phi) is 5.22. The van der Waals surface area contributed by atoms with E-state index < -0.39 is 0 Å². The minimum Gasteiger partial charge on any atom is -0.370 e. The van der Waals surface area contributed by atoms with Crippen molar-refractivity contribution in [2.75, 3.05) is 5.32 Å². The number of benzene rings is 1. The molecule has 21 heavy (non-hydrogen) atoms. The van der Waals surface area contributed by atoms with E-state index in [4.69, 9.17) is 5.73 Å². The number of nitrogens with zero attached hydrogens (tertiary/aromatic N) is 3. The number of halogens is 1. The minimum atomic E-state index is 0. The largest absolute Gasteiger partial charge is 0.370 e. The van der Waals surface area contributed by atoms with E-state index in [1.54, 1.807) is 0 Å². The van der Waals surface area contributed by atoms with Crippen molar-refractivity contribution < 1.29 is 0 Å². The number of hydrogen-bond acceptors (Lipinski definition) is 2. The standard InChI is InChI=1S/C15H19N5.HI/c1-11-3-2-4-12(9-11)18-15(16)19-13-5-7-20-8-6-17-14(20)10-13;/h2-4,6,8-9,13H,5,7,10H2,1H3,(H3,16,18,19);1H. The summed E-state index contributed by atoms with van der Waals surface area (Å²) in [4.78, 5) is 8.91. The van der Waals surface area contributed by atoms with Gasteiger partial charge in [0.1, 0.15) is 5.82 Å². The SMILES string of the molecule is Cc1cccc(NC(N)=NC2CCn3ccnc3C2)c1.I. The summed E-state index contributed by atoms with van der Waals surface area (Å²) in [5.41, 5.74) is 8.17. The van der Waals surface area contributed by atoms with Gasteiger partial charge in [0.05, 0.1) is 6.04 Å². The van der Waals surface area contributed by atoms with Gasteiger partial charge in [0.15, 0.2) is 5.96 Å². The lowest BCUT2D eigenvalue weighted by Crippen LogP contribution is -2.29. The zero-order chi connectivity index (χ0) is 13.9. The van der Waals surface area contributed by atoms with Crippen LogP contribution in [0.4, 0.5) is 5.69 Å². The van der Waals surface area contributed by atoms with Gasteiger partial charge in [-0.1, -0.05) is 12.1 Å². The number of aryl methyl sites for hydroxylation is 2. The molecule has 5 nitrogen and oxygen atoms in total. The molecule has 0 amide bonds. The molecule has 0 saturated carbocycles. The van der Waals surface area contributed by atoms with E-state index in [0.29, 0.717) is 5.96 Å². The molecule has 1 aromatic carbocycles. The summed E-state index contributed by atoms with van der Waals surface area (Å²) < 4.78 is 2.18. The van der Waals surface area contributed by atoms with Crippen LogP contribution in [0.5, 0.6) is 0 Å². The Labute approximate surface area is 141 Å². The highest BCUT2D eigenvalue weighted by Gasteiger charge is 2.18. The van der Waals surface area contributed by atoms with Crippen LogP contribution in [-0.2, 0) is 13.0 Å². The fourth-order valence-electron chi connectivity index (χ4n) is 2.54. The second-order valence-corrected chi connectivity index (χ2v) is 5.19. The molecule has 0 fully saturated rings. The minimum absolute atomic E-state index is 0. The van der Waals surface area contributed by atoms with Gasteiger partial charge in [0.25, 0.3) is 0 Å². The van der Waals surface area contributed by atoms with Crippen molar-refractivity contribution >= 4 is 35.6 Å². The lowest BCUT2D eigenvalue weighted by molar-refractivity contribution is 0.465. The van der Waals surface area contributed by atoms with E-state index in [9.17, 15) is 0 Å². The number of guanidine groups is 1. The van der Waals surface area contributed by atoms with Crippen LogP contribution in [0.25, 0.3) is 0 Å². The quantitative estimate of drug-likeness (QED) is 0.465. The van der Waals surface area contributed by atoms with Gasteiger partial charge in [-0.15, -0.1) is 24.0 Å². The van der Waals surface area contributed by atoms with E-state index in [2.05, 4.69) is 38.9 Å². The highest BCUT2D eigenvalue weighted by Crippen LogP contribution is 2.16. The van der Waals surface area contributed by atoms with Crippen molar-refractivity contribution in [1.82, 2.24) is 9.55 Å². The van der Waals surface area contributed by atoms with E-state index in [0.717, 1.165) is 30.9 Å². The second-order valence-electron chi connectivity index (χ2n) is 5.19. The summed E-state index contributed by atoms with van der Waals surface area (Å²) in [6.45, 7) is 3.01. The van der Waals surface area contributed by atoms with Crippen molar-refractivity contribution in [2.24, 2.45) is 10.7 Å². The predicted molar refractivity (Wildman–Crippen MR) is 96.2 cm³/mol. The maximum Gasteiger partial charge on any atom is 0.193 e. The van der Waals surface area contributed by atoms with Crippen LogP contribution < -0.4 is 11.1 Å². The van der Waals surface area contributed by atoms with Crippen molar-refractivity contribution in [3.8, 4) is 0 Å². The third-order valence-corrected chi connectivity index (χ3v) is 3.54. The van der Waals surface area contributed by atoms with Gasteiger partial charge in [-0.25, -0.2) is 9.98 Å². The zero-order valence-electron chi connectivity index (χ0n) is 12.0. The monoisotopic (exact) mass is 397 g/mol. The highest BCUT2D eigenvalue weighted by molar-refractivity contribution is 14.0. The number of hydrogen-bond donors (Lipinski definition) is 2. The third kappa shape index (κ3) is 3.96. The Morgan fingerprint density at radius 2 is 2.33 bits per heavy atom. The van der Waals surface area contributed by atoms with Gasteiger partial charge in [-0.2, -0.15) is 0 Å². The number of anilines is 1. The summed E-state index contributed by atoms with van der Waals surface area (Å²) in [7, 11) is 0. The maximum absolute atomic E-state index is 5.99. The van der Waals surface area contributed by atoms with Crippen LogP contribution in [0.15, 0.2) is 41.7 Å². The molecule has 112 valence electrons. The average molecular weight is 397 g/mol. The molecule has 0 radical (unpaired) electrons. The number of nitrogens with two attached hydrogens (primary N) is 1. The lowest BCUT2D eigenvalue weighted by Gasteiger charge is -2.20. The van der Waals surface area contributed by atoms with Crippen molar-refractivity contribution in [1.29, 1.82) is 0 Å². The fraction of sp³-hybridized carbons (Fsp3) is 0.333. The van der Waals surface area contributed by atoms with Gasteiger partial charge in [-0.3, -0.25) is 0 Å². The first-order valence-electron chi connectivity index (χ1n) is 6.88. The van der Waals surface area contributed by atoms with E-state index in [-0.39, 0.29) is 30.0 Å². The number of aromatic nitrogens is 2. The van der Waals surface area contributed by atoms with E-state index >= 15 is 0 Å². The molecule has 1 unspecified atom stereocenters. The Morgan fingerprint density at radius 1 is 1.48 bits per heavy atom. The molecule has 3 rings (SSSR count). The van der Waals surface area contributed by atoms with Crippen LogP contribution >= 0.6 is 24.0 Å². The van der Waals surface area contributed by atoms with Crippen LogP contribution in [0.2, 0.25) is 0 Å². The summed E-state index contributed by atoms with van der Waals surface area (Å²) in [6.07, 6.45) is 5.71. The average Bonchev–Trinajstić information content (AvgIpc) is 2.86. The lowest BCUT2D eigenvalue weighted by atomic mass is 10.1. The molecule has 1 atom stereocenters. The van der Waals surface area contributed by atoms with Crippen LogP contribution in [0, 0.1) is 6.92 Å². The van der Waals surface area contributed by atoms with Crippen LogP contribution in [0.1, 0.15) is 17.8 Å². The Morgan fingerprint density at radius 3 is 3.14 bits per heavy atom. The first-order chi connectivity index (χ1) is 9.70. The second kappa shape index (κ2) is 6.93. The molecule has 3 N–H and O–H groups in total. The Hall–Kier alpha value is -1.57. The topological polar surface area (TPSA) is 68.2 Å². The van der Waals surface area contributed by atoms with Crippen LogP contribution in [-0.4, -0.2) is 21.6 Å². The van der Waals surface area contributed by atoms with Gasteiger partial charge in [0.2, 0.25) is 0 Å². The first-order valence-corrected chi connectivity index (χ1v) is 6.88. The van der Waals surface area contributed by atoms with Gasteiger partial charge < -0.3 is 15.6 Å². The molecule has 1 aliphatic rings. The molecule has 0 aliphatic carbocycles. The molecular weight excluding hydrogens is 377 g/mol. The normalized spacial score (nSPS) is 17.8. The number of rotatable bonds is 2. The number of fused-ring (bicyclic) bond motifs is 1. The Balaban J connectivity index is 0.00000161. The predicted octanol–water partition coefficient (Wildman–Crippen LogP) is 2.55. The van der Waals surface area contributed by atoms with Crippen molar-refractivity contribution in [3.05, 3.63) is 48.0 Å². The van der Waals surface area contributed by atoms with Crippen LogP contribution in [0.3, 0.4) is 0 Å². The molecular formula is C15H20IN5. The van der Waals surface area contributed by atoms with Gasteiger partial charge >= 0.3 is 0 Å². The number of aliphatic imine (C=N–C) groups is 1. The molecule has 0 bridgehead atoms. The molecule has 2 aromatic rings. The van der Waals surface area contributed by atoms with Gasteiger partial charge in [-0.05, 0) is 31.0 Å². The van der Waals surface area contributed by atoms with Crippen molar-refractivity contribution in [2.45, 2.75) is 32.4 Å². The maximum atomic E-state index is 5.99. The molecule has 1 aromatic heterocycles. The molecule has 2 heterocycles. The summed E-state index contributed by atoms with van der Waals surface area (Å²) in [5.74, 6) is 1.56. The first kappa shape index (κ1) is 15.8. The summed E-state index contributed by atoms with van der Waals surface area (Å²) >= 11 is 0. The third-order valence-electron chi connectivity index (χ3n) is 3.54. The zero-order valence-corrected chi connectivity index (χ0v) is 14.3. The van der Waals surface area contributed by atoms with E-state index in [1.165, 1.54) is 5.56 Å². The molecule has 1 aliphatic heterocycles. The molecule has 0 saturated heterocycles. The number of nitrogens with one attached hydrogen (secondary N) is 1. The number of imidazole rings is 1.